The summed E-state index contributed by atoms with van der Waals surface area (Å²) >= 11 is 0. The molecule has 4 heteroatoms. The number of para-hydroxylation sites is 1. The second-order valence-electron chi connectivity index (χ2n) is 5.99. The van der Waals surface area contributed by atoms with Gasteiger partial charge in [0.05, 0.1) is 0 Å². The average molecular weight is 316 g/mol. The van der Waals surface area contributed by atoms with Gasteiger partial charge in [0.25, 0.3) is 0 Å². The molecule has 4 nitrogen and oxygen atoms in total. The molecule has 0 fully saturated rings. The van der Waals surface area contributed by atoms with Crippen molar-refractivity contribution in [1.82, 2.24) is 0 Å². The number of carbonyl (C=O) groups is 2. The number of rotatable bonds is 9. The van der Waals surface area contributed by atoms with E-state index >= 15 is 0 Å². The van der Waals surface area contributed by atoms with Crippen LogP contribution in [0.5, 0.6) is 0 Å². The summed E-state index contributed by atoms with van der Waals surface area (Å²) in [6.45, 7) is 4.05. The van der Waals surface area contributed by atoms with Crippen molar-refractivity contribution in [2.75, 3.05) is 0 Å². The topological polar surface area (TPSA) is 67.5 Å². The minimum Gasteiger partial charge on any atom is -0.481 e. The Hall–Kier alpha value is -2.10. The van der Waals surface area contributed by atoms with Crippen LogP contribution in [-0.4, -0.2) is 16.9 Å². The van der Waals surface area contributed by atoms with E-state index in [9.17, 15) is 14.7 Å². The van der Waals surface area contributed by atoms with Crippen LogP contribution in [-0.2, 0) is 4.79 Å². The number of carboxylic acid groups (broad SMARTS) is 1. The number of ketones is 1. The number of hydrogen-bond donors (Lipinski definition) is 1. The van der Waals surface area contributed by atoms with Crippen molar-refractivity contribution in [3.8, 4) is 0 Å². The van der Waals surface area contributed by atoms with Crippen molar-refractivity contribution >= 4 is 22.7 Å². The number of benzene rings is 1. The van der Waals surface area contributed by atoms with Crippen LogP contribution in [0, 0.1) is 11.8 Å². The molecule has 0 spiro atoms. The molecule has 1 aromatic carbocycles. The quantitative estimate of drug-likeness (QED) is 0.405. The smallest absolute Gasteiger partial charge is 0.314 e. The van der Waals surface area contributed by atoms with E-state index in [-0.39, 0.29) is 11.7 Å². The number of Topliss-reactive ketones (excluding diaryl/α,β-unsaturated/α-hetero) is 1. The normalized spacial score (nSPS) is 13.8. The Morgan fingerprint density at radius 3 is 2.52 bits per heavy atom. The molecule has 1 heterocycles. The van der Waals surface area contributed by atoms with E-state index in [0.29, 0.717) is 12.0 Å². The first-order valence-electron chi connectivity index (χ1n) is 8.34. The van der Waals surface area contributed by atoms with E-state index in [0.717, 1.165) is 31.1 Å². The third-order valence-corrected chi connectivity index (χ3v) is 4.39. The monoisotopic (exact) mass is 316 g/mol. The van der Waals surface area contributed by atoms with Gasteiger partial charge in [-0.05, 0) is 24.5 Å². The largest absolute Gasteiger partial charge is 0.481 e. The summed E-state index contributed by atoms with van der Waals surface area (Å²) in [6, 6.07) is 8.96. The predicted molar refractivity (Wildman–Crippen MR) is 89.6 cm³/mol. The maximum absolute atomic E-state index is 12.7. The average Bonchev–Trinajstić information content (AvgIpc) is 2.97. The van der Waals surface area contributed by atoms with Gasteiger partial charge in [-0.2, -0.15) is 0 Å². The molecule has 2 unspecified atom stereocenters. The van der Waals surface area contributed by atoms with Crippen LogP contribution >= 0.6 is 0 Å². The van der Waals surface area contributed by atoms with Crippen LogP contribution in [0.3, 0.4) is 0 Å². The number of fused-ring (bicyclic) bond motifs is 1. The molecular formula is C19H24O4. The molecule has 2 rings (SSSR count). The number of carbonyl (C=O) groups excluding carboxylic acids is 1. The highest BCUT2D eigenvalue weighted by atomic mass is 16.4. The van der Waals surface area contributed by atoms with Gasteiger partial charge in [0.1, 0.15) is 11.5 Å². The van der Waals surface area contributed by atoms with Crippen LogP contribution in [0.2, 0.25) is 0 Å². The highest BCUT2D eigenvalue weighted by Gasteiger charge is 2.35. The van der Waals surface area contributed by atoms with Crippen LogP contribution in [0.4, 0.5) is 0 Å². The molecule has 23 heavy (non-hydrogen) atoms. The molecule has 2 aromatic rings. The Kier molecular flexibility index (Phi) is 5.97. The van der Waals surface area contributed by atoms with Crippen molar-refractivity contribution in [3.63, 3.8) is 0 Å². The number of hydrogen-bond acceptors (Lipinski definition) is 3. The first-order chi connectivity index (χ1) is 11.1. The fourth-order valence-electron chi connectivity index (χ4n) is 3.05. The zero-order valence-electron chi connectivity index (χ0n) is 13.7. The predicted octanol–water partition coefficient (Wildman–Crippen LogP) is 4.92. The second-order valence-corrected chi connectivity index (χ2v) is 5.99. The van der Waals surface area contributed by atoms with Gasteiger partial charge in [0, 0.05) is 5.39 Å². The van der Waals surface area contributed by atoms with Crippen molar-refractivity contribution < 1.29 is 19.1 Å². The fraction of sp³-hybridized carbons (Fsp3) is 0.474. The summed E-state index contributed by atoms with van der Waals surface area (Å²) < 4.78 is 5.57. The summed E-state index contributed by atoms with van der Waals surface area (Å²) in [5.74, 6) is -2.51. The summed E-state index contributed by atoms with van der Waals surface area (Å²) in [6.07, 6.45) is 4.51. The molecule has 0 aliphatic heterocycles. The minimum atomic E-state index is -1.06. The van der Waals surface area contributed by atoms with Gasteiger partial charge in [-0.3, -0.25) is 9.59 Å². The lowest BCUT2D eigenvalue weighted by molar-refractivity contribution is -0.141. The molecule has 0 amide bonds. The Bertz CT molecular complexity index is 638. The van der Waals surface area contributed by atoms with Crippen molar-refractivity contribution in [1.29, 1.82) is 0 Å². The van der Waals surface area contributed by atoms with E-state index in [1.807, 2.05) is 25.1 Å². The van der Waals surface area contributed by atoms with E-state index in [1.165, 1.54) is 0 Å². The number of unbranched alkanes of at least 4 members (excludes halogenated alkanes) is 2. The zero-order valence-corrected chi connectivity index (χ0v) is 13.7. The standard InChI is InChI=1S/C19H24O4/c1-3-5-6-9-13(4-2)17(19(21)22)18(20)16-12-14-10-7-8-11-15(14)23-16/h7-8,10-13,17H,3-6,9H2,1-2H3,(H,21,22). The maximum Gasteiger partial charge on any atom is 0.314 e. The van der Waals surface area contributed by atoms with Gasteiger partial charge in [0.15, 0.2) is 5.76 Å². The lowest BCUT2D eigenvalue weighted by Crippen LogP contribution is -2.31. The number of carboxylic acids is 1. The lowest BCUT2D eigenvalue weighted by Gasteiger charge is -2.20. The third kappa shape index (κ3) is 4.01. The molecular weight excluding hydrogens is 292 g/mol. The molecule has 0 bridgehead atoms. The van der Waals surface area contributed by atoms with Crippen molar-refractivity contribution in [2.24, 2.45) is 11.8 Å². The Morgan fingerprint density at radius 1 is 1.17 bits per heavy atom. The Balaban J connectivity index is 2.24. The molecule has 124 valence electrons. The van der Waals surface area contributed by atoms with E-state index < -0.39 is 17.7 Å². The van der Waals surface area contributed by atoms with Crippen LogP contribution in [0.1, 0.15) is 56.5 Å². The maximum atomic E-state index is 12.7. The summed E-state index contributed by atoms with van der Waals surface area (Å²) in [4.78, 5) is 24.4. The third-order valence-electron chi connectivity index (χ3n) is 4.39. The number of furan rings is 1. The van der Waals surface area contributed by atoms with Crippen LogP contribution in [0.25, 0.3) is 11.0 Å². The van der Waals surface area contributed by atoms with E-state index in [1.54, 1.807) is 12.1 Å². The van der Waals surface area contributed by atoms with Crippen LogP contribution < -0.4 is 0 Å². The molecule has 1 aromatic heterocycles. The minimum absolute atomic E-state index is 0.146. The molecule has 0 aliphatic rings. The highest BCUT2D eigenvalue weighted by molar-refractivity contribution is 6.08. The summed E-state index contributed by atoms with van der Waals surface area (Å²) in [5, 5.41) is 10.4. The van der Waals surface area contributed by atoms with Crippen LogP contribution in [0.15, 0.2) is 34.7 Å². The number of aliphatic carboxylic acids is 1. The second kappa shape index (κ2) is 7.95. The van der Waals surface area contributed by atoms with E-state index in [2.05, 4.69) is 6.92 Å². The van der Waals surface area contributed by atoms with Gasteiger partial charge in [-0.25, -0.2) is 0 Å². The van der Waals surface area contributed by atoms with E-state index in [4.69, 9.17) is 4.42 Å². The van der Waals surface area contributed by atoms with Gasteiger partial charge in [-0.1, -0.05) is 57.7 Å². The lowest BCUT2D eigenvalue weighted by atomic mass is 9.82. The molecule has 0 radical (unpaired) electrons. The Morgan fingerprint density at radius 2 is 1.91 bits per heavy atom. The summed E-state index contributed by atoms with van der Waals surface area (Å²) in [7, 11) is 0. The summed E-state index contributed by atoms with van der Waals surface area (Å²) in [5.41, 5.74) is 0.610. The van der Waals surface area contributed by atoms with Gasteiger partial charge >= 0.3 is 5.97 Å². The first-order valence-corrected chi connectivity index (χ1v) is 8.34. The fourth-order valence-corrected chi connectivity index (χ4v) is 3.05. The Labute approximate surface area is 136 Å². The van der Waals surface area contributed by atoms with Crippen molar-refractivity contribution in [3.05, 3.63) is 36.1 Å². The van der Waals surface area contributed by atoms with Gasteiger partial charge in [-0.15, -0.1) is 0 Å². The SMILES string of the molecule is CCCCCC(CC)C(C(=O)O)C(=O)c1cc2ccccc2o1. The highest BCUT2D eigenvalue weighted by Crippen LogP contribution is 2.29. The molecule has 1 N–H and O–H groups in total. The molecule has 0 saturated carbocycles. The molecule has 0 saturated heterocycles. The zero-order chi connectivity index (χ0) is 16.8. The first kappa shape index (κ1) is 17.3. The van der Waals surface area contributed by atoms with Gasteiger partial charge < -0.3 is 9.52 Å². The molecule has 0 aliphatic carbocycles. The van der Waals surface area contributed by atoms with Gasteiger partial charge in [0.2, 0.25) is 5.78 Å². The van der Waals surface area contributed by atoms with Crippen molar-refractivity contribution in [2.45, 2.75) is 46.0 Å². The molecule has 2 atom stereocenters.